The highest BCUT2D eigenvalue weighted by molar-refractivity contribution is 6.05. The van der Waals surface area contributed by atoms with Crippen LogP contribution in [0.1, 0.15) is 84.2 Å². The lowest BCUT2D eigenvalue weighted by atomic mass is 9.89. The monoisotopic (exact) mass is 749 g/mol. The Bertz CT molecular complexity index is 2360. The predicted octanol–water partition coefficient (Wildman–Crippen LogP) is 4.40. The first-order chi connectivity index (χ1) is 26.3. The summed E-state index contributed by atoms with van der Waals surface area (Å²) < 4.78 is 33.4. The Labute approximate surface area is 315 Å². The summed E-state index contributed by atoms with van der Waals surface area (Å²) in [5, 5.41) is 35.4. The fraction of sp³-hybridized carbons (Fsp3) is 0.400. The lowest BCUT2D eigenvalue weighted by Crippen LogP contribution is -2.60. The molecule has 0 unspecified atom stereocenters. The molecular weight excluding hydrogens is 708 g/mol. The van der Waals surface area contributed by atoms with Crippen molar-refractivity contribution < 1.29 is 28.3 Å². The molecule has 3 N–H and O–H groups in total. The van der Waals surface area contributed by atoms with Gasteiger partial charge in [-0.3, -0.25) is 34.2 Å². The van der Waals surface area contributed by atoms with E-state index in [-0.39, 0.29) is 24.4 Å². The highest BCUT2D eigenvalue weighted by atomic mass is 19.1. The number of anilines is 1. The molecule has 0 bridgehead atoms. The van der Waals surface area contributed by atoms with Gasteiger partial charge in [0.2, 0.25) is 11.8 Å². The molecule has 2 aromatic carbocycles. The van der Waals surface area contributed by atoms with E-state index >= 15 is 0 Å². The highest BCUT2D eigenvalue weighted by Gasteiger charge is 2.35. The predicted molar refractivity (Wildman–Crippen MR) is 198 cm³/mol. The van der Waals surface area contributed by atoms with Gasteiger partial charge in [-0.05, 0) is 87.6 Å². The van der Waals surface area contributed by atoms with E-state index in [2.05, 4.69) is 31.6 Å². The van der Waals surface area contributed by atoms with Crippen molar-refractivity contribution in [1.29, 1.82) is 5.26 Å². The molecule has 0 spiro atoms. The van der Waals surface area contributed by atoms with Gasteiger partial charge in [0.05, 0.1) is 40.4 Å². The minimum Gasteiger partial charge on any atom is -0.386 e. The van der Waals surface area contributed by atoms with Gasteiger partial charge in [0, 0.05) is 73.6 Å². The zero-order valence-corrected chi connectivity index (χ0v) is 30.6. The molecule has 3 aromatic heterocycles. The number of fused-ring (bicyclic) bond motifs is 2. The van der Waals surface area contributed by atoms with Crippen molar-refractivity contribution in [3.8, 4) is 6.07 Å². The molecule has 3 saturated heterocycles. The Morgan fingerprint density at radius 1 is 1.05 bits per heavy atom. The quantitative estimate of drug-likeness (QED) is 0.186. The molecule has 13 nitrogen and oxygen atoms in total. The molecule has 3 amide bonds. The molecule has 55 heavy (non-hydrogen) atoms. The van der Waals surface area contributed by atoms with Crippen LogP contribution in [0.3, 0.4) is 0 Å². The molecule has 3 fully saturated rings. The van der Waals surface area contributed by atoms with Gasteiger partial charge < -0.3 is 10.4 Å². The Morgan fingerprint density at radius 3 is 2.49 bits per heavy atom. The van der Waals surface area contributed by atoms with E-state index in [4.69, 9.17) is 5.10 Å². The molecule has 284 valence electrons. The summed E-state index contributed by atoms with van der Waals surface area (Å²) in [6.07, 6.45) is 5.85. The standard InChI is InChI=1S/C40H41F2N9O4/c1-40(2,55)30-17-33-25(16-34(30)45-39(54)35-5-3-27-13-24(18-43)19-44-51(27)35)20-50(47-33)26-8-11-49(12-9-26)28-21-48(22-28)10-7-23-14-31(41)37(32(42)15-23)29-4-6-36(52)46-38(29)53/h3,5,13-17,19-20,26,28-29,55H,4,6-12,21-22H2,1-2H3,(H,45,54)(H,46,52,53)/t29-/m1/s1. The van der Waals surface area contributed by atoms with Gasteiger partial charge in [-0.15, -0.1) is 0 Å². The largest absolute Gasteiger partial charge is 0.386 e. The van der Waals surface area contributed by atoms with Crippen LogP contribution in [0.15, 0.2) is 54.9 Å². The third kappa shape index (κ3) is 7.20. The van der Waals surface area contributed by atoms with Crippen LogP contribution < -0.4 is 10.6 Å². The number of benzene rings is 2. The molecule has 3 aliphatic heterocycles. The van der Waals surface area contributed by atoms with Crippen LogP contribution in [0.2, 0.25) is 0 Å². The van der Waals surface area contributed by atoms with Crippen molar-refractivity contribution in [2.45, 2.75) is 69.6 Å². The van der Waals surface area contributed by atoms with Crippen LogP contribution in [0.25, 0.3) is 16.4 Å². The van der Waals surface area contributed by atoms with E-state index in [9.17, 15) is 33.5 Å². The Kier molecular flexibility index (Phi) is 9.44. The topological polar surface area (TPSA) is 161 Å². The molecule has 15 heteroatoms. The van der Waals surface area contributed by atoms with E-state index in [0.717, 1.165) is 49.9 Å². The Hall–Kier alpha value is -5.56. The van der Waals surface area contributed by atoms with Crippen molar-refractivity contribution in [2.24, 2.45) is 0 Å². The van der Waals surface area contributed by atoms with Gasteiger partial charge in [0.1, 0.15) is 23.4 Å². The zero-order valence-electron chi connectivity index (χ0n) is 30.6. The highest BCUT2D eigenvalue weighted by Crippen LogP contribution is 2.35. The third-order valence-corrected chi connectivity index (χ3v) is 11.2. The molecule has 1 atom stereocenters. The Balaban J connectivity index is 0.866. The van der Waals surface area contributed by atoms with Gasteiger partial charge >= 0.3 is 0 Å². The average Bonchev–Trinajstić information content (AvgIpc) is 3.75. The van der Waals surface area contributed by atoms with Crippen LogP contribution in [0.5, 0.6) is 0 Å². The molecule has 8 rings (SSSR count). The SMILES string of the molecule is CC(C)(O)c1cc2nn(C3CCN(C4CN(CCc5cc(F)c([C@H]6CCC(=O)NC6=O)c(F)c5)C4)CC3)cc2cc1NC(=O)c1ccc2cc(C#N)cnn12. The second-order valence-electron chi connectivity index (χ2n) is 15.4. The first-order valence-corrected chi connectivity index (χ1v) is 18.6. The maximum Gasteiger partial charge on any atom is 0.274 e. The smallest absolute Gasteiger partial charge is 0.274 e. The summed E-state index contributed by atoms with van der Waals surface area (Å²) in [6.45, 7) is 7.56. The number of aliphatic hydroxyl groups is 1. The van der Waals surface area contributed by atoms with Gasteiger partial charge in [0.15, 0.2) is 0 Å². The first-order valence-electron chi connectivity index (χ1n) is 18.6. The van der Waals surface area contributed by atoms with E-state index in [1.165, 1.54) is 22.8 Å². The summed E-state index contributed by atoms with van der Waals surface area (Å²) in [7, 11) is 0. The van der Waals surface area contributed by atoms with Crippen LogP contribution in [-0.2, 0) is 21.6 Å². The second kappa shape index (κ2) is 14.3. The third-order valence-electron chi connectivity index (χ3n) is 11.2. The number of nitriles is 1. The minimum absolute atomic E-state index is 0.0553. The Morgan fingerprint density at radius 2 is 1.80 bits per heavy atom. The van der Waals surface area contributed by atoms with Crippen molar-refractivity contribution in [3.63, 3.8) is 0 Å². The fourth-order valence-electron chi connectivity index (χ4n) is 8.15. The zero-order chi connectivity index (χ0) is 38.6. The van der Waals surface area contributed by atoms with E-state index in [0.29, 0.717) is 52.6 Å². The number of imide groups is 1. The van der Waals surface area contributed by atoms with E-state index < -0.39 is 40.9 Å². The summed E-state index contributed by atoms with van der Waals surface area (Å²) in [6, 6.07) is 13.9. The number of hydrogen-bond donors (Lipinski definition) is 3. The van der Waals surface area contributed by atoms with Gasteiger partial charge in [-0.2, -0.15) is 15.5 Å². The van der Waals surface area contributed by atoms with Gasteiger partial charge in [-0.1, -0.05) is 0 Å². The number of amides is 3. The van der Waals surface area contributed by atoms with E-state index in [1.54, 1.807) is 32.0 Å². The van der Waals surface area contributed by atoms with Gasteiger partial charge in [0.25, 0.3) is 5.91 Å². The maximum atomic E-state index is 15.0. The molecule has 6 heterocycles. The number of carbonyl (C=O) groups excluding carboxylic acids is 3. The molecule has 0 radical (unpaired) electrons. The maximum absolute atomic E-state index is 15.0. The summed E-state index contributed by atoms with van der Waals surface area (Å²) in [5.74, 6) is -3.99. The normalized spacial score (nSPS) is 19.1. The fourth-order valence-corrected chi connectivity index (χ4v) is 8.15. The summed E-state index contributed by atoms with van der Waals surface area (Å²) >= 11 is 0. The minimum atomic E-state index is -1.27. The molecule has 0 saturated carbocycles. The molecule has 3 aliphatic rings. The van der Waals surface area contributed by atoms with Crippen LogP contribution in [0, 0.1) is 23.0 Å². The van der Waals surface area contributed by atoms with Gasteiger partial charge in [-0.25, -0.2) is 13.3 Å². The summed E-state index contributed by atoms with van der Waals surface area (Å²) in [5.41, 5.74) is 2.03. The summed E-state index contributed by atoms with van der Waals surface area (Å²) in [4.78, 5) is 41.9. The van der Waals surface area contributed by atoms with Crippen LogP contribution in [-0.4, -0.2) is 90.8 Å². The number of piperidine rings is 2. The molecule has 5 aromatic rings. The van der Waals surface area contributed by atoms with Crippen molar-refractivity contribution >= 4 is 39.8 Å². The number of carbonyl (C=O) groups is 3. The lowest BCUT2D eigenvalue weighted by Gasteiger charge is -2.47. The number of nitrogens with zero attached hydrogens (tertiary/aromatic N) is 7. The lowest BCUT2D eigenvalue weighted by molar-refractivity contribution is -0.134. The first kappa shape index (κ1) is 36.4. The number of likely N-dealkylation sites (tertiary alicyclic amines) is 2. The number of halogens is 2. The molecular formula is C40H41F2N9O4. The number of nitrogens with one attached hydrogen (secondary N) is 2. The van der Waals surface area contributed by atoms with Crippen LogP contribution in [0.4, 0.5) is 14.5 Å². The molecule has 0 aliphatic carbocycles. The van der Waals surface area contributed by atoms with Crippen molar-refractivity contribution in [2.75, 3.05) is 38.0 Å². The van der Waals surface area contributed by atoms with E-state index in [1.807, 2.05) is 23.0 Å². The van der Waals surface area contributed by atoms with Crippen LogP contribution >= 0.6 is 0 Å². The number of hydrogen-bond acceptors (Lipinski definition) is 9. The second-order valence-corrected chi connectivity index (χ2v) is 15.4. The average molecular weight is 750 g/mol. The van der Waals surface area contributed by atoms with Crippen molar-refractivity contribution in [3.05, 3.63) is 94.4 Å². The number of aromatic nitrogens is 4. The number of rotatable bonds is 9. The van der Waals surface area contributed by atoms with Crippen molar-refractivity contribution in [1.82, 2.24) is 34.5 Å².